The predicted molar refractivity (Wildman–Crippen MR) is 137 cm³/mol. The molecule has 0 fully saturated rings. The van der Waals surface area contributed by atoms with Gasteiger partial charge in [-0.1, -0.05) is 56.6 Å². The van der Waals surface area contributed by atoms with Gasteiger partial charge in [0.05, 0.1) is 36.3 Å². The number of rotatable bonds is 4. The number of likely N-dealkylation sites (N-methyl/N-ethyl adjacent to an activating group) is 1. The monoisotopic (exact) mass is 485 g/mol. The number of nitrogens with zero attached hydrogens (tertiary/aromatic N) is 1. The minimum Gasteiger partial charge on any atom is -0.365 e. The van der Waals surface area contributed by atoms with Crippen LogP contribution < -0.4 is 16.4 Å². The van der Waals surface area contributed by atoms with Gasteiger partial charge in [-0.25, -0.2) is 4.79 Å². The number of halogens is 1. The van der Waals surface area contributed by atoms with Gasteiger partial charge in [0, 0.05) is 27.6 Å². The van der Waals surface area contributed by atoms with Crippen LogP contribution in [-0.4, -0.2) is 36.6 Å². The summed E-state index contributed by atoms with van der Waals surface area (Å²) >= 11 is 7.75. The van der Waals surface area contributed by atoms with Crippen molar-refractivity contribution in [2.75, 3.05) is 30.8 Å². The highest BCUT2D eigenvalue weighted by molar-refractivity contribution is 7.17. The number of quaternary nitrogens is 1. The SMILES string of the molecule is CC(C)(C)C[N+]1(C)CCc2c(sc(NC(=O)Nc3ccc(Cl)c4ccccc34)c2C(N)=O)C1. The number of carbonyl (C=O) groups excluding carboxylic acids is 2. The molecule has 2 heterocycles. The van der Waals surface area contributed by atoms with Crippen LogP contribution in [0, 0.1) is 5.41 Å². The summed E-state index contributed by atoms with van der Waals surface area (Å²) < 4.78 is 0.900. The highest BCUT2D eigenvalue weighted by Crippen LogP contribution is 2.40. The summed E-state index contributed by atoms with van der Waals surface area (Å²) in [7, 11) is 2.25. The number of carbonyl (C=O) groups is 2. The number of anilines is 2. The second-order valence-corrected chi connectivity index (χ2v) is 11.8. The summed E-state index contributed by atoms with van der Waals surface area (Å²) in [5.41, 5.74) is 8.00. The summed E-state index contributed by atoms with van der Waals surface area (Å²) in [6.45, 7) is 9.52. The summed E-state index contributed by atoms with van der Waals surface area (Å²) in [6.07, 6.45) is 0.766. The van der Waals surface area contributed by atoms with E-state index in [0.717, 1.165) is 51.8 Å². The van der Waals surface area contributed by atoms with Crippen LogP contribution in [0.4, 0.5) is 15.5 Å². The smallest absolute Gasteiger partial charge is 0.324 e. The quantitative estimate of drug-likeness (QED) is 0.405. The Balaban J connectivity index is 1.59. The molecular formula is C25H30ClN4O2S+. The Morgan fingerprint density at radius 2 is 1.82 bits per heavy atom. The first-order chi connectivity index (χ1) is 15.5. The number of urea groups is 1. The zero-order chi connectivity index (χ0) is 24.0. The van der Waals surface area contributed by atoms with Crippen LogP contribution in [-0.2, 0) is 13.0 Å². The van der Waals surface area contributed by atoms with Crippen LogP contribution in [0.3, 0.4) is 0 Å². The predicted octanol–water partition coefficient (Wildman–Crippen LogP) is 5.85. The lowest BCUT2D eigenvalue weighted by atomic mass is 9.92. The molecule has 0 radical (unpaired) electrons. The number of primary amides is 1. The van der Waals surface area contributed by atoms with Gasteiger partial charge in [-0.15, -0.1) is 11.3 Å². The molecule has 0 bridgehead atoms. The first kappa shape index (κ1) is 23.5. The van der Waals surface area contributed by atoms with E-state index in [4.69, 9.17) is 17.3 Å². The third kappa shape index (κ3) is 5.00. The lowest BCUT2D eigenvalue weighted by Gasteiger charge is -2.41. The molecule has 1 aromatic heterocycles. The van der Waals surface area contributed by atoms with Crippen LogP contribution in [0.15, 0.2) is 36.4 Å². The van der Waals surface area contributed by atoms with Crippen molar-refractivity contribution in [1.82, 2.24) is 0 Å². The molecule has 0 spiro atoms. The normalized spacial score (nSPS) is 18.1. The van der Waals surface area contributed by atoms with Gasteiger partial charge in [0.1, 0.15) is 11.5 Å². The molecular weight excluding hydrogens is 456 g/mol. The van der Waals surface area contributed by atoms with Crippen molar-refractivity contribution in [3.63, 3.8) is 0 Å². The zero-order valence-corrected chi connectivity index (χ0v) is 21.0. The molecule has 0 saturated heterocycles. The van der Waals surface area contributed by atoms with Crippen LogP contribution in [0.2, 0.25) is 5.02 Å². The van der Waals surface area contributed by atoms with Crippen LogP contribution in [0.25, 0.3) is 10.8 Å². The Hall–Kier alpha value is -2.61. The van der Waals surface area contributed by atoms with E-state index in [-0.39, 0.29) is 5.41 Å². The molecule has 1 unspecified atom stereocenters. The molecule has 33 heavy (non-hydrogen) atoms. The van der Waals surface area contributed by atoms with Crippen molar-refractivity contribution in [1.29, 1.82) is 0 Å². The van der Waals surface area contributed by atoms with E-state index in [1.54, 1.807) is 12.1 Å². The average molecular weight is 486 g/mol. The fourth-order valence-corrected chi connectivity index (χ4v) is 6.62. The van der Waals surface area contributed by atoms with Gasteiger partial charge in [0.2, 0.25) is 0 Å². The van der Waals surface area contributed by atoms with Crippen LogP contribution in [0.5, 0.6) is 0 Å². The number of amides is 3. The Morgan fingerprint density at radius 3 is 2.48 bits per heavy atom. The highest BCUT2D eigenvalue weighted by atomic mass is 35.5. The third-order valence-electron chi connectivity index (χ3n) is 5.97. The van der Waals surface area contributed by atoms with E-state index in [1.165, 1.54) is 11.3 Å². The topological polar surface area (TPSA) is 84.2 Å². The van der Waals surface area contributed by atoms with Gasteiger partial charge >= 0.3 is 6.03 Å². The molecule has 1 aliphatic heterocycles. The molecule has 3 aromatic rings. The Morgan fingerprint density at radius 1 is 1.12 bits per heavy atom. The van der Waals surface area contributed by atoms with E-state index in [0.29, 0.717) is 21.3 Å². The van der Waals surface area contributed by atoms with E-state index >= 15 is 0 Å². The number of fused-ring (bicyclic) bond motifs is 2. The Labute approximate surface area is 203 Å². The van der Waals surface area contributed by atoms with Crippen molar-refractivity contribution >= 4 is 56.3 Å². The number of hydrogen-bond acceptors (Lipinski definition) is 3. The first-order valence-electron chi connectivity index (χ1n) is 11.0. The van der Waals surface area contributed by atoms with Gasteiger partial charge < -0.3 is 15.5 Å². The number of nitrogens with two attached hydrogens (primary N) is 1. The lowest BCUT2D eigenvalue weighted by molar-refractivity contribution is -0.929. The molecule has 0 saturated carbocycles. The maximum Gasteiger partial charge on any atom is 0.324 e. The van der Waals surface area contributed by atoms with E-state index < -0.39 is 11.9 Å². The fraction of sp³-hybridized carbons (Fsp3) is 0.360. The maximum atomic E-state index is 12.9. The molecule has 6 nitrogen and oxygen atoms in total. The van der Waals surface area contributed by atoms with Crippen molar-refractivity contribution < 1.29 is 14.1 Å². The van der Waals surface area contributed by atoms with E-state index in [2.05, 4.69) is 38.5 Å². The standard InChI is InChI=1S/C25H29ClN4O2S/c1-25(2,3)14-30(4)12-11-17-20(13-30)33-23(21(17)22(27)31)29-24(32)28-19-10-9-18(26)15-7-5-6-8-16(15)19/h5-10H,11-14H2,1-4H3,(H3-,27,28,29,31,32)/p+1. The average Bonchev–Trinajstić information content (AvgIpc) is 3.05. The Bertz CT molecular complexity index is 1250. The second-order valence-electron chi connectivity index (χ2n) is 10.3. The van der Waals surface area contributed by atoms with Crippen LogP contribution in [0.1, 0.15) is 41.6 Å². The summed E-state index contributed by atoms with van der Waals surface area (Å²) in [6, 6.07) is 10.7. The molecule has 0 aliphatic carbocycles. The zero-order valence-electron chi connectivity index (χ0n) is 19.4. The van der Waals surface area contributed by atoms with Crippen molar-refractivity contribution in [3.8, 4) is 0 Å². The minimum atomic E-state index is -0.508. The molecule has 4 rings (SSSR count). The number of nitrogens with one attached hydrogen (secondary N) is 2. The van der Waals surface area contributed by atoms with Crippen molar-refractivity contribution in [2.45, 2.75) is 33.7 Å². The summed E-state index contributed by atoms with van der Waals surface area (Å²) in [4.78, 5) is 26.4. The van der Waals surface area contributed by atoms with Gasteiger partial charge in [-0.05, 0) is 17.7 Å². The van der Waals surface area contributed by atoms with Gasteiger partial charge in [-0.2, -0.15) is 0 Å². The molecule has 3 amide bonds. The fourth-order valence-electron chi connectivity index (χ4n) is 4.97. The third-order valence-corrected chi connectivity index (χ3v) is 7.43. The van der Waals surface area contributed by atoms with Crippen molar-refractivity contribution in [2.24, 2.45) is 11.1 Å². The largest absolute Gasteiger partial charge is 0.365 e. The number of hydrogen-bond donors (Lipinski definition) is 3. The van der Waals surface area contributed by atoms with Gasteiger partial charge in [-0.3, -0.25) is 10.1 Å². The lowest BCUT2D eigenvalue weighted by Crippen LogP contribution is -2.51. The van der Waals surface area contributed by atoms with E-state index in [1.807, 2.05) is 24.3 Å². The van der Waals surface area contributed by atoms with Gasteiger partial charge in [0.15, 0.2) is 0 Å². The van der Waals surface area contributed by atoms with Crippen LogP contribution >= 0.6 is 22.9 Å². The minimum absolute atomic E-state index is 0.193. The molecule has 1 atom stereocenters. The summed E-state index contributed by atoms with van der Waals surface area (Å²) in [5, 5.41) is 8.61. The molecule has 8 heteroatoms. The summed E-state index contributed by atoms with van der Waals surface area (Å²) in [5.74, 6) is -0.508. The Kier molecular flexibility index (Phi) is 6.16. The van der Waals surface area contributed by atoms with E-state index in [9.17, 15) is 9.59 Å². The first-order valence-corrected chi connectivity index (χ1v) is 12.2. The number of thiophene rings is 1. The van der Waals surface area contributed by atoms with Crippen molar-refractivity contribution in [3.05, 3.63) is 57.4 Å². The molecule has 2 aromatic carbocycles. The highest BCUT2D eigenvalue weighted by Gasteiger charge is 2.37. The van der Waals surface area contributed by atoms with Gasteiger partial charge in [0.25, 0.3) is 5.91 Å². The maximum absolute atomic E-state index is 12.9. The number of benzene rings is 2. The molecule has 1 aliphatic rings. The molecule has 4 N–H and O–H groups in total. The second kappa shape index (κ2) is 8.63. The molecule has 174 valence electrons.